The molecule has 0 radical (unpaired) electrons. The van der Waals surface area contributed by atoms with Crippen molar-refractivity contribution in [2.24, 2.45) is 0 Å². The number of carbonyl (C=O) groups is 1. The number of amides is 1. The summed E-state index contributed by atoms with van der Waals surface area (Å²) in [5.41, 5.74) is 0. The van der Waals surface area contributed by atoms with Gasteiger partial charge in [-0.25, -0.2) is 0 Å². The topological polar surface area (TPSA) is 110 Å². The van der Waals surface area contributed by atoms with Gasteiger partial charge in [-0.2, -0.15) is 0 Å². The summed E-state index contributed by atoms with van der Waals surface area (Å²) in [6.45, 7) is 3.96. The van der Waals surface area contributed by atoms with Crippen LogP contribution in [0.2, 0.25) is 0 Å². The molecule has 0 spiro atoms. The van der Waals surface area contributed by atoms with E-state index in [1.807, 2.05) is 0 Å². The summed E-state index contributed by atoms with van der Waals surface area (Å²) in [6, 6.07) is -1.01. The van der Waals surface area contributed by atoms with Gasteiger partial charge in [0.15, 0.2) is 0 Å². The van der Waals surface area contributed by atoms with E-state index in [2.05, 4.69) is 67.8 Å². The van der Waals surface area contributed by atoms with Crippen molar-refractivity contribution < 1.29 is 25.2 Å². The van der Waals surface area contributed by atoms with E-state index in [1.165, 1.54) is 173 Å². The maximum absolute atomic E-state index is 12.5. The van der Waals surface area contributed by atoms with Gasteiger partial charge in [0, 0.05) is 0 Å². The number of rotatable bonds is 47. The summed E-state index contributed by atoms with van der Waals surface area (Å²) in [4.78, 5) is 12.5. The molecule has 0 aliphatic carbocycles. The van der Waals surface area contributed by atoms with Gasteiger partial charge >= 0.3 is 0 Å². The summed E-state index contributed by atoms with van der Waals surface area (Å²) in [6.07, 6.45) is 60.6. The first-order valence-electron chi connectivity index (χ1n) is 26.0. The van der Waals surface area contributed by atoms with Crippen molar-refractivity contribution in [2.45, 2.75) is 282 Å². The Kier molecular flexibility index (Phi) is 46.9. The maximum atomic E-state index is 12.5. The van der Waals surface area contributed by atoms with E-state index in [0.717, 1.165) is 51.4 Å². The molecule has 5 N–H and O–H groups in total. The Morgan fingerprint density at radius 1 is 0.417 bits per heavy atom. The molecule has 0 aliphatic rings. The van der Waals surface area contributed by atoms with Gasteiger partial charge < -0.3 is 25.7 Å². The number of hydrogen-bond acceptors (Lipinski definition) is 5. The second kappa shape index (κ2) is 48.3. The monoisotopic (exact) mass is 844 g/mol. The molecule has 0 heterocycles. The fourth-order valence-corrected chi connectivity index (χ4v) is 7.87. The molecule has 0 bridgehead atoms. The van der Waals surface area contributed by atoms with Crippen LogP contribution >= 0.6 is 0 Å². The molecule has 0 rings (SSSR count). The van der Waals surface area contributed by atoms with E-state index in [1.54, 1.807) is 0 Å². The van der Waals surface area contributed by atoms with Gasteiger partial charge in [-0.15, -0.1) is 0 Å². The predicted molar refractivity (Wildman–Crippen MR) is 260 cm³/mol. The van der Waals surface area contributed by atoms with Crippen LogP contribution in [0.3, 0.4) is 0 Å². The smallest absolute Gasteiger partial charge is 0.249 e. The third kappa shape index (κ3) is 41.6. The highest BCUT2D eigenvalue weighted by Gasteiger charge is 2.28. The number of hydrogen-bond donors (Lipinski definition) is 5. The predicted octanol–water partition coefficient (Wildman–Crippen LogP) is 14.6. The van der Waals surface area contributed by atoms with Crippen molar-refractivity contribution in [1.29, 1.82) is 0 Å². The molecule has 0 aromatic rings. The van der Waals surface area contributed by atoms with Crippen molar-refractivity contribution in [1.82, 2.24) is 5.32 Å². The lowest BCUT2D eigenvalue weighted by Gasteiger charge is -2.27. The van der Waals surface area contributed by atoms with Crippen LogP contribution in [0, 0.1) is 0 Å². The molecule has 0 saturated carbocycles. The first-order chi connectivity index (χ1) is 29.5. The highest BCUT2D eigenvalue weighted by Crippen LogP contribution is 2.16. The number of aliphatic hydroxyl groups is 4. The van der Waals surface area contributed by atoms with E-state index in [0.29, 0.717) is 19.3 Å². The summed E-state index contributed by atoms with van der Waals surface area (Å²) < 4.78 is 0. The third-order valence-corrected chi connectivity index (χ3v) is 12.0. The van der Waals surface area contributed by atoms with Gasteiger partial charge in [0.1, 0.15) is 12.2 Å². The summed E-state index contributed by atoms with van der Waals surface area (Å²) >= 11 is 0. The van der Waals surface area contributed by atoms with E-state index in [-0.39, 0.29) is 0 Å². The van der Waals surface area contributed by atoms with Gasteiger partial charge in [0.25, 0.3) is 0 Å². The molecular weight excluding hydrogens is 743 g/mol. The minimum atomic E-state index is -1.29. The molecule has 6 heteroatoms. The first kappa shape index (κ1) is 58.3. The molecule has 0 fully saturated rings. The van der Waals surface area contributed by atoms with E-state index >= 15 is 0 Å². The largest absolute Gasteiger partial charge is 0.394 e. The Labute approximate surface area is 372 Å². The SMILES string of the molecule is CCC/C=C/CC/C=C/CCCC(O)C(O)C(CO)NC(=O)C(O)CCCCCCCCCCCCCCCCCC/C=C\C/C=C\CCCCCCCCCCCCC. The number of aliphatic hydroxyl groups excluding tert-OH is 4. The second-order valence-electron chi connectivity index (χ2n) is 17.8. The Balaban J connectivity index is 3.56. The lowest BCUT2D eigenvalue weighted by Crippen LogP contribution is -2.53. The van der Waals surface area contributed by atoms with Crippen LogP contribution in [0.25, 0.3) is 0 Å². The van der Waals surface area contributed by atoms with Crippen LogP contribution in [-0.2, 0) is 4.79 Å². The fraction of sp³-hybridized carbons (Fsp3) is 0.833. The van der Waals surface area contributed by atoms with Crippen molar-refractivity contribution in [3.8, 4) is 0 Å². The zero-order valence-electron chi connectivity index (χ0n) is 39.7. The van der Waals surface area contributed by atoms with Crippen LogP contribution in [0.1, 0.15) is 258 Å². The number of allylic oxidation sites excluding steroid dienone is 8. The molecule has 6 nitrogen and oxygen atoms in total. The Bertz CT molecular complexity index is 993. The number of unbranched alkanes of at least 4 members (excludes halogenated alkanes) is 30. The van der Waals surface area contributed by atoms with Gasteiger partial charge in [0.05, 0.1) is 18.8 Å². The molecule has 0 aliphatic heterocycles. The van der Waals surface area contributed by atoms with Gasteiger partial charge in [0.2, 0.25) is 5.91 Å². The van der Waals surface area contributed by atoms with E-state index in [9.17, 15) is 25.2 Å². The van der Waals surface area contributed by atoms with E-state index < -0.39 is 36.9 Å². The molecule has 0 aromatic carbocycles. The molecular formula is C54H101NO5. The van der Waals surface area contributed by atoms with Crippen molar-refractivity contribution in [2.75, 3.05) is 6.61 Å². The fourth-order valence-electron chi connectivity index (χ4n) is 7.87. The van der Waals surface area contributed by atoms with Crippen molar-refractivity contribution in [3.63, 3.8) is 0 Å². The van der Waals surface area contributed by atoms with Gasteiger partial charge in [-0.3, -0.25) is 4.79 Å². The van der Waals surface area contributed by atoms with Crippen LogP contribution in [0.15, 0.2) is 48.6 Å². The molecule has 60 heavy (non-hydrogen) atoms. The lowest BCUT2D eigenvalue weighted by atomic mass is 10.00. The zero-order valence-corrected chi connectivity index (χ0v) is 39.7. The third-order valence-electron chi connectivity index (χ3n) is 12.0. The van der Waals surface area contributed by atoms with Crippen molar-refractivity contribution in [3.05, 3.63) is 48.6 Å². The lowest BCUT2D eigenvalue weighted by molar-refractivity contribution is -0.132. The molecule has 0 aromatic heterocycles. The number of nitrogens with one attached hydrogen (secondary N) is 1. The highest BCUT2D eigenvalue weighted by molar-refractivity contribution is 5.80. The Hall–Kier alpha value is -1.73. The minimum absolute atomic E-state index is 0.359. The quantitative estimate of drug-likeness (QED) is 0.0310. The summed E-state index contributed by atoms with van der Waals surface area (Å²) in [5, 5.41) is 43.6. The molecule has 1 amide bonds. The summed E-state index contributed by atoms with van der Waals surface area (Å²) in [5.74, 6) is -0.599. The molecule has 352 valence electrons. The van der Waals surface area contributed by atoms with Crippen LogP contribution in [-0.4, -0.2) is 57.3 Å². The van der Waals surface area contributed by atoms with E-state index in [4.69, 9.17) is 0 Å². The van der Waals surface area contributed by atoms with Gasteiger partial charge in [-0.05, 0) is 77.0 Å². The van der Waals surface area contributed by atoms with Crippen LogP contribution in [0.4, 0.5) is 0 Å². The average molecular weight is 844 g/mol. The summed E-state index contributed by atoms with van der Waals surface area (Å²) in [7, 11) is 0. The second-order valence-corrected chi connectivity index (χ2v) is 17.8. The minimum Gasteiger partial charge on any atom is -0.394 e. The molecule has 4 unspecified atom stereocenters. The number of carbonyl (C=O) groups excluding carboxylic acids is 1. The maximum Gasteiger partial charge on any atom is 0.249 e. The van der Waals surface area contributed by atoms with Crippen molar-refractivity contribution >= 4 is 5.91 Å². The highest BCUT2D eigenvalue weighted by atomic mass is 16.3. The molecule has 0 saturated heterocycles. The van der Waals surface area contributed by atoms with Crippen LogP contribution < -0.4 is 5.32 Å². The molecule has 4 atom stereocenters. The first-order valence-corrected chi connectivity index (χ1v) is 26.0. The van der Waals surface area contributed by atoms with Crippen LogP contribution in [0.5, 0.6) is 0 Å². The van der Waals surface area contributed by atoms with Gasteiger partial charge in [-0.1, -0.05) is 229 Å². The normalized spacial score (nSPS) is 14.3. The Morgan fingerprint density at radius 3 is 1.22 bits per heavy atom. The Morgan fingerprint density at radius 2 is 0.783 bits per heavy atom. The standard InChI is InChI=1S/C54H101NO5/c1-3-5-7-9-11-13-15-16-17-18-19-20-21-22-23-24-25-26-27-28-29-30-31-32-33-34-35-36-37-38-40-42-44-46-48-52(58)54(60)55-50(49-56)53(59)51(57)47-45-43-41-39-14-12-10-8-6-4-2/h8,10,21-22,24-25,39,41,50-53,56-59H,3-7,9,11-20,23,26-38,40,42-49H2,1-2H3,(H,55,60)/b10-8+,22-21-,25-24-,41-39+. The zero-order chi connectivity index (χ0) is 43.8. The average Bonchev–Trinajstić information content (AvgIpc) is 3.25.